The first-order chi connectivity index (χ1) is 11.1. The Bertz CT molecular complexity index is 866. The number of anilines is 1. The molecule has 2 heterocycles. The van der Waals surface area contributed by atoms with E-state index in [1.165, 1.54) is 13.3 Å². The van der Waals surface area contributed by atoms with Crippen LogP contribution < -0.4 is 11.1 Å². The molecule has 4 N–H and O–H groups in total. The molecule has 8 nitrogen and oxygen atoms in total. The summed E-state index contributed by atoms with van der Waals surface area (Å²) in [6, 6.07) is 9.41. The lowest BCUT2D eigenvalue weighted by molar-refractivity contribution is -0.138. The number of nitrogens with zero attached hydrogens (tertiary/aromatic N) is 2. The molecule has 0 spiro atoms. The van der Waals surface area contributed by atoms with Gasteiger partial charge in [0.15, 0.2) is 11.5 Å². The summed E-state index contributed by atoms with van der Waals surface area (Å²) >= 11 is 0. The van der Waals surface area contributed by atoms with Crippen LogP contribution >= 0.6 is 0 Å². The number of H-pyrrole nitrogens is 1. The van der Waals surface area contributed by atoms with Crippen LogP contribution in [0.2, 0.25) is 0 Å². The number of benzene rings is 1. The molecule has 0 unspecified atom stereocenters. The molecule has 0 atom stereocenters. The Kier molecular flexibility index (Phi) is 3.71. The fourth-order valence-electron chi connectivity index (χ4n) is 2.29. The highest BCUT2D eigenvalue weighted by Gasteiger charge is 2.20. The molecule has 8 heteroatoms. The van der Waals surface area contributed by atoms with Crippen LogP contribution in [0, 0.1) is 0 Å². The quantitative estimate of drug-likeness (QED) is 0.608. The molecule has 1 amide bonds. The van der Waals surface area contributed by atoms with E-state index in [-0.39, 0.29) is 12.1 Å². The average molecular weight is 313 g/mol. The summed E-state index contributed by atoms with van der Waals surface area (Å²) in [7, 11) is 1.31. The molecule has 0 aliphatic carbocycles. The molecule has 3 rings (SSSR count). The standard InChI is InChI=1S/C15H15N5O3/c1-23-11(21)8-17-15-12(9-5-3-2-4-6-9)19-14-10(13(16)22)7-18-20(14)15/h2-7,17-18H,8H2,1H3,(H2,16,22). The fraction of sp³-hybridized carbons (Fsp3) is 0.133. The Morgan fingerprint density at radius 1 is 1.35 bits per heavy atom. The number of primary amides is 1. The molecule has 1 aromatic carbocycles. The molecule has 0 saturated carbocycles. The molecule has 0 fully saturated rings. The summed E-state index contributed by atoms with van der Waals surface area (Å²) in [6.45, 7) is -0.0327. The van der Waals surface area contributed by atoms with Crippen molar-refractivity contribution in [1.29, 1.82) is 0 Å². The number of nitrogens with one attached hydrogen (secondary N) is 2. The highest BCUT2D eigenvalue weighted by molar-refractivity contribution is 5.99. The van der Waals surface area contributed by atoms with E-state index in [1.54, 1.807) is 4.52 Å². The molecule has 3 aromatic rings. The molecule has 0 aliphatic heterocycles. The normalized spacial score (nSPS) is 10.7. The van der Waals surface area contributed by atoms with Gasteiger partial charge in [0.1, 0.15) is 17.8 Å². The van der Waals surface area contributed by atoms with E-state index in [0.29, 0.717) is 17.2 Å². The Labute approximate surface area is 131 Å². The fourth-order valence-corrected chi connectivity index (χ4v) is 2.29. The van der Waals surface area contributed by atoms with Gasteiger partial charge in [-0.1, -0.05) is 30.3 Å². The van der Waals surface area contributed by atoms with Crippen LogP contribution in [0.4, 0.5) is 5.82 Å². The van der Waals surface area contributed by atoms with Crippen molar-refractivity contribution in [1.82, 2.24) is 14.6 Å². The maximum Gasteiger partial charge on any atom is 0.325 e. The smallest absolute Gasteiger partial charge is 0.325 e. The minimum atomic E-state index is -0.583. The summed E-state index contributed by atoms with van der Waals surface area (Å²) in [5.74, 6) is -0.454. The van der Waals surface area contributed by atoms with Crippen molar-refractivity contribution in [3.63, 3.8) is 0 Å². The van der Waals surface area contributed by atoms with Gasteiger partial charge in [0.25, 0.3) is 5.91 Å². The number of ether oxygens (including phenoxy) is 1. The van der Waals surface area contributed by atoms with E-state index in [2.05, 4.69) is 20.1 Å². The van der Waals surface area contributed by atoms with Crippen LogP contribution in [0.5, 0.6) is 0 Å². The summed E-state index contributed by atoms with van der Waals surface area (Å²) in [4.78, 5) is 27.4. The number of nitrogens with two attached hydrogens (primary N) is 1. The predicted molar refractivity (Wildman–Crippen MR) is 84.0 cm³/mol. The lowest BCUT2D eigenvalue weighted by Crippen LogP contribution is -2.16. The first-order valence-electron chi connectivity index (χ1n) is 6.87. The van der Waals surface area contributed by atoms with Crippen molar-refractivity contribution in [2.75, 3.05) is 19.0 Å². The van der Waals surface area contributed by atoms with Crippen LogP contribution in [-0.2, 0) is 9.53 Å². The van der Waals surface area contributed by atoms with Crippen LogP contribution in [0.3, 0.4) is 0 Å². The van der Waals surface area contributed by atoms with Gasteiger partial charge in [0.2, 0.25) is 0 Å². The third-order valence-corrected chi connectivity index (χ3v) is 3.40. The summed E-state index contributed by atoms with van der Waals surface area (Å²) < 4.78 is 6.21. The monoisotopic (exact) mass is 313 g/mol. The van der Waals surface area contributed by atoms with E-state index in [9.17, 15) is 9.59 Å². The molecule has 118 valence electrons. The maximum atomic E-state index is 11.5. The first-order valence-corrected chi connectivity index (χ1v) is 6.87. The molecule has 0 aliphatic rings. The number of esters is 1. The third kappa shape index (κ3) is 2.61. The van der Waals surface area contributed by atoms with E-state index in [0.717, 1.165) is 5.56 Å². The molecular weight excluding hydrogens is 298 g/mol. The zero-order chi connectivity index (χ0) is 16.4. The number of hydrogen-bond donors (Lipinski definition) is 3. The Morgan fingerprint density at radius 2 is 2.09 bits per heavy atom. The number of methoxy groups -OCH3 is 1. The number of carbonyl (C=O) groups excluding carboxylic acids is 2. The number of rotatable bonds is 5. The second-order valence-corrected chi connectivity index (χ2v) is 4.82. The lowest BCUT2D eigenvalue weighted by atomic mass is 10.1. The van der Waals surface area contributed by atoms with E-state index < -0.39 is 11.9 Å². The van der Waals surface area contributed by atoms with Gasteiger partial charge < -0.3 is 15.8 Å². The molecule has 0 saturated heterocycles. The van der Waals surface area contributed by atoms with Crippen molar-refractivity contribution < 1.29 is 14.3 Å². The predicted octanol–water partition coefficient (Wildman–Crippen LogP) is 1.01. The minimum absolute atomic E-state index is 0.0327. The second-order valence-electron chi connectivity index (χ2n) is 4.82. The Morgan fingerprint density at radius 3 is 2.74 bits per heavy atom. The second kappa shape index (κ2) is 5.84. The molecular formula is C15H15N5O3. The highest BCUT2D eigenvalue weighted by Crippen LogP contribution is 2.29. The van der Waals surface area contributed by atoms with Gasteiger partial charge >= 0.3 is 5.97 Å². The van der Waals surface area contributed by atoms with Crippen molar-refractivity contribution in [2.45, 2.75) is 0 Å². The van der Waals surface area contributed by atoms with Crippen molar-refractivity contribution in [3.05, 3.63) is 42.1 Å². The minimum Gasteiger partial charge on any atom is -0.468 e. The van der Waals surface area contributed by atoms with Crippen LogP contribution in [-0.4, -0.2) is 40.1 Å². The van der Waals surface area contributed by atoms with Gasteiger partial charge in [-0.3, -0.25) is 14.7 Å². The largest absolute Gasteiger partial charge is 0.468 e. The first kappa shape index (κ1) is 14.6. The number of imidazole rings is 1. The van der Waals surface area contributed by atoms with E-state index >= 15 is 0 Å². The maximum absolute atomic E-state index is 11.5. The number of hydrogen-bond acceptors (Lipinski definition) is 5. The van der Waals surface area contributed by atoms with Gasteiger partial charge in [0.05, 0.1) is 7.11 Å². The lowest BCUT2D eigenvalue weighted by Gasteiger charge is -2.06. The molecule has 23 heavy (non-hydrogen) atoms. The van der Waals surface area contributed by atoms with Gasteiger partial charge in [0, 0.05) is 11.8 Å². The topological polar surface area (TPSA) is 115 Å². The zero-order valence-electron chi connectivity index (χ0n) is 12.4. The highest BCUT2D eigenvalue weighted by atomic mass is 16.5. The van der Waals surface area contributed by atoms with Crippen molar-refractivity contribution >= 4 is 23.3 Å². The number of amides is 1. The molecule has 0 bridgehead atoms. The van der Waals surface area contributed by atoms with Crippen molar-refractivity contribution in [2.24, 2.45) is 5.73 Å². The number of fused-ring (bicyclic) bond motifs is 1. The number of carbonyl (C=O) groups is 2. The summed E-state index contributed by atoms with van der Waals surface area (Å²) in [5, 5.41) is 5.89. The summed E-state index contributed by atoms with van der Waals surface area (Å²) in [5.41, 5.74) is 7.46. The van der Waals surface area contributed by atoms with E-state index in [1.807, 2.05) is 30.3 Å². The van der Waals surface area contributed by atoms with Gasteiger partial charge in [-0.15, -0.1) is 0 Å². The zero-order valence-corrected chi connectivity index (χ0v) is 12.4. The SMILES string of the molecule is COC(=O)CNc1c(-c2ccccc2)nc2c(C(N)=O)c[nH]n12. The number of aromatic amines is 1. The third-order valence-electron chi connectivity index (χ3n) is 3.40. The van der Waals surface area contributed by atoms with Gasteiger partial charge in [-0.25, -0.2) is 9.50 Å². The van der Waals surface area contributed by atoms with E-state index in [4.69, 9.17) is 5.73 Å². The van der Waals surface area contributed by atoms with Crippen molar-refractivity contribution in [3.8, 4) is 11.3 Å². The van der Waals surface area contributed by atoms with Gasteiger partial charge in [-0.05, 0) is 0 Å². The van der Waals surface area contributed by atoms with Crippen LogP contribution in [0.15, 0.2) is 36.5 Å². The van der Waals surface area contributed by atoms with Crippen LogP contribution in [0.1, 0.15) is 10.4 Å². The Balaban J connectivity index is 2.13. The molecule has 2 aromatic heterocycles. The molecule has 0 radical (unpaired) electrons. The van der Waals surface area contributed by atoms with Gasteiger partial charge in [-0.2, -0.15) is 0 Å². The average Bonchev–Trinajstić information content (AvgIpc) is 3.12. The summed E-state index contributed by atoms with van der Waals surface area (Å²) in [6.07, 6.45) is 1.47. The number of aromatic nitrogens is 3. The van der Waals surface area contributed by atoms with Crippen LogP contribution in [0.25, 0.3) is 16.9 Å². The Hall–Kier alpha value is -3.29.